The Balaban J connectivity index is 1.31. The number of carbonyl (C=O) groups excluding carboxylic acids is 1. The van der Waals surface area contributed by atoms with Crippen LogP contribution in [0.3, 0.4) is 0 Å². The molecule has 0 aliphatic carbocycles. The Kier molecular flexibility index (Phi) is 5.50. The number of nitrogens with two attached hydrogens (primary N) is 1. The van der Waals surface area contributed by atoms with E-state index in [1.807, 2.05) is 41.8 Å². The number of amides is 1. The number of thiazole rings is 1. The Bertz CT molecular complexity index is 1090. The first-order valence-electron chi connectivity index (χ1n) is 8.00. The lowest BCUT2D eigenvalue weighted by Crippen LogP contribution is -2.16. The largest absolute Gasteiger partial charge is 0.334 e. The zero-order valence-electron chi connectivity index (χ0n) is 14.3. The van der Waals surface area contributed by atoms with Crippen molar-refractivity contribution < 1.29 is 4.79 Å². The van der Waals surface area contributed by atoms with E-state index in [1.165, 1.54) is 27.8 Å². The number of hydrazone groups is 1. The number of carbonyl (C=O) groups is 1. The molecule has 142 valence electrons. The molecular weight excluding hydrogens is 416 g/mol. The first-order chi connectivity index (χ1) is 13.7. The van der Waals surface area contributed by atoms with E-state index in [4.69, 9.17) is 5.84 Å². The summed E-state index contributed by atoms with van der Waals surface area (Å²) < 4.78 is 2.27. The van der Waals surface area contributed by atoms with Crippen molar-refractivity contribution in [1.29, 1.82) is 0 Å². The van der Waals surface area contributed by atoms with Gasteiger partial charge in [-0.1, -0.05) is 41.3 Å². The lowest BCUT2D eigenvalue weighted by atomic mass is 10.3. The quantitative estimate of drug-likeness (QED) is 0.178. The summed E-state index contributed by atoms with van der Waals surface area (Å²) in [4.78, 5) is 17.6. The van der Waals surface area contributed by atoms with Crippen molar-refractivity contribution in [3.63, 3.8) is 0 Å². The van der Waals surface area contributed by atoms with E-state index in [9.17, 15) is 4.79 Å². The third-order valence-electron chi connectivity index (χ3n) is 3.44. The highest BCUT2D eigenvalue weighted by molar-refractivity contribution is 7.99. The Hall–Kier alpha value is -2.96. The maximum atomic E-state index is 12.2. The lowest BCUT2D eigenvalue weighted by molar-refractivity contribution is -0.113. The SMILES string of the molecule is Nn1c(N/N=C/c2cccs2)nnc1SCC(=O)Nc1nc2ccccc2s1. The van der Waals surface area contributed by atoms with Gasteiger partial charge in [-0.3, -0.25) is 4.79 Å². The van der Waals surface area contributed by atoms with Crippen molar-refractivity contribution in [3.8, 4) is 0 Å². The van der Waals surface area contributed by atoms with E-state index in [1.54, 1.807) is 17.6 Å². The molecule has 1 aromatic carbocycles. The van der Waals surface area contributed by atoms with E-state index in [0.29, 0.717) is 10.3 Å². The van der Waals surface area contributed by atoms with Gasteiger partial charge in [0, 0.05) is 4.88 Å². The summed E-state index contributed by atoms with van der Waals surface area (Å²) in [5, 5.41) is 17.7. The number of nitrogen functional groups attached to an aromatic ring is 1. The van der Waals surface area contributed by atoms with Gasteiger partial charge in [-0.05, 0) is 23.6 Å². The van der Waals surface area contributed by atoms with Crippen molar-refractivity contribution in [2.45, 2.75) is 5.16 Å². The highest BCUT2D eigenvalue weighted by atomic mass is 32.2. The van der Waals surface area contributed by atoms with Gasteiger partial charge in [0.05, 0.1) is 22.2 Å². The predicted molar refractivity (Wildman–Crippen MR) is 115 cm³/mol. The summed E-state index contributed by atoms with van der Waals surface area (Å²) in [5.41, 5.74) is 3.59. The molecule has 3 aromatic heterocycles. The fourth-order valence-electron chi connectivity index (χ4n) is 2.18. The van der Waals surface area contributed by atoms with E-state index in [2.05, 4.69) is 31.0 Å². The highest BCUT2D eigenvalue weighted by Gasteiger charge is 2.13. The van der Waals surface area contributed by atoms with Crippen molar-refractivity contribution >= 4 is 67.9 Å². The topological polar surface area (TPSA) is 123 Å². The number of thioether (sulfide) groups is 1. The number of thiophene rings is 1. The second kappa shape index (κ2) is 8.37. The number of hydrogen-bond donors (Lipinski definition) is 3. The lowest BCUT2D eigenvalue weighted by Gasteiger charge is -2.03. The molecule has 4 rings (SSSR count). The molecule has 0 saturated carbocycles. The van der Waals surface area contributed by atoms with Gasteiger partial charge >= 0.3 is 0 Å². The third kappa shape index (κ3) is 4.30. The van der Waals surface area contributed by atoms with Crippen LogP contribution < -0.4 is 16.6 Å². The van der Waals surface area contributed by atoms with Gasteiger partial charge in [0.25, 0.3) is 5.95 Å². The normalized spacial score (nSPS) is 11.3. The zero-order valence-corrected chi connectivity index (χ0v) is 16.7. The molecular formula is C16H14N8OS3. The molecule has 0 aliphatic heterocycles. The molecule has 3 heterocycles. The predicted octanol–water partition coefficient (Wildman–Crippen LogP) is 2.84. The Morgan fingerprint density at radius 2 is 2.18 bits per heavy atom. The molecule has 9 nitrogen and oxygen atoms in total. The molecule has 0 atom stereocenters. The molecule has 0 fully saturated rings. The molecule has 0 unspecified atom stereocenters. The molecule has 0 bridgehead atoms. The number of para-hydroxylation sites is 1. The van der Waals surface area contributed by atoms with Crippen LogP contribution in [-0.4, -0.2) is 37.7 Å². The molecule has 1 amide bonds. The number of anilines is 2. The molecule has 0 aliphatic rings. The van der Waals surface area contributed by atoms with Crippen LogP contribution in [0.4, 0.5) is 11.1 Å². The van der Waals surface area contributed by atoms with Crippen LogP contribution in [0.1, 0.15) is 4.88 Å². The van der Waals surface area contributed by atoms with Crippen molar-refractivity contribution in [3.05, 3.63) is 46.7 Å². The minimum Gasteiger partial charge on any atom is -0.334 e. The fourth-order valence-corrected chi connectivity index (χ4v) is 4.30. The number of fused-ring (bicyclic) bond motifs is 1. The minimum absolute atomic E-state index is 0.129. The summed E-state index contributed by atoms with van der Waals surface area (Å²) in [6.07, 6.45) is 1.66. The molecule has 28 heavy (non-hydrogen) atoms. The van der Waals surface area contributed by atoms with Gasteiger partial charge in [-0.2, -0.15) is 5.10 Å². The Morgan fingerprint density at radius 3 is 3.00 bits per heavy atom. The number of benzene rings is 1. The monoisotopic (exact) mass is 430 g/mol. The fraction of sp³-hybridized carbons (Fsp3) is 0.0625. The van der Waals surface area contributed by atoms with E-state index in [-0.39, 0.29) is 17.6 Å². The molecule has 0 saturated heterocycles. The summed E-state index contributed by atoms with van der Waals surface area (Å²) in [6, 6.07) is 11.6. The minimum atomic E-state index is -0.197. The number of nitrogens with zero attached hydrogens (tertiary/aromatic N) is 5. The van der Waals surface area contributed by atoms with E-state index < -0.39 is 0 Å². The molecule has 0 spiro atoms. The number of rotatable bonds is 7. The maximum Gasteiger partial charge on any atom is 0.264 e. The maximum absolute atomic E-state index is 12.2. The van der Waals surface area contributed by atoms with Gasteiger partial charge in [-0.25, -0.2) is 15.1 Å². The average molecular weight is 431 g/mol. The number of nitrogens with one attached hydrogen (secondary N) is 2. The zero-order chi connectivity index (χ0) is 19.3. The third-order valence-corrected chi connectivity index (χ3v) is 6.14. The summed E-state index contributed by atoms with van der Waals surface area (Å²) in [7, 11) is 0. The summed E-state index contributed by atoms with van der Waals surface area (Å²) >= 11 is 4.16. The van der Waals surface area contributed by atoms with Crippen molar-refractivity contribution in [2.75, 3.05) is 22.3 Å². The highest BCUT2D eigenvalue weighted by Crippen LogP contribution is 2.25. The van der Waals surface area contributed by atoms with Gasteiger partial charge in [-0.15, -0.1) is 21.5 Å². The van der Waals surface area contributed by atoms with Crippen molar-refractivity contribution in [1.82, 2.24) is 19.9 Å². The van der Waals surface area contributed by atoms with Crippen LogP contribution in [0.5, 0.6) is 0 Å². The van der Waals surface area contributed by atoms with Gasteiger partial charge in [0.2, 0.25) is 11.1 Å². The summed E-state index contributed by atoms with van der Waals surface area (Å²) in [5.74, 6) is 6.16. The Labute approximate surface area is 171 Å². The second-order valence-corrected chi connectivity index (χ2v) is 8.34. The molecule has 4 N–H and O–H groups in total. The summed E-state index contributed by atoms with van der Waals surface area (Å²) in [6.45, 7) is 0. The first kappa shape index (κ1) is 18.4. The van der Waals surface area contributed by atoms with E-state index in [0.717, 1.165) is 15.1 Å². The van der Waals surface area contributed by atoms with Crippen LogP contribution in [0.15, 0.2) is 52.0 Å². The van der Waals surface area contributed by atoms with Crippen LogP contribution in [0.25, 0.3) is 10.2 Å². The van der Waals surface area contributed by atoms with Gasteiger partial charge in [0.15, 0.2) is 5.13 Å². The average Bonchev–Trinajstić information content (AvgIpc) is 3.41. The molecule has 12 heteroatoms. The molecule has 4 aromatic rings. The smallest absolute Gasteiger partial charge is 0.264 e. The van der Waals surface area contributed by atoms with E-state index >= 15 is 0 Å². The standard InChI is InChI=1S/C16H14N8OS3/c17-24-14(21-18-8-10-4-3-7-26-10)22-23-16(24)27-9-13(25)20-15-19-11-5-1-2-6-12(11)28-15/h1-8H,9,17H2,(H,21,22)(H,19,20,25)/b18-8+. The van der Waals surface area contributed by atoms with Crippen molar-refractivity contribution in [2.24, 2.45) is 5.10 Å². The number of hydrogen-bond acceptors (Lipinski definition) is 10. The van der Waals surface area contributed by atoms with Crippen LogP contribution >= 0.6 is 34.4 Å². The Morgan fingerprint density at radius 1 is 1.29 bits per heavy atom. The van der Waals surface area contributed by atoms with Crippen LogP contribution in [-0.2, 0) is 4.79 Å². The number of aromatic nitrogens is 4. The van der Waals surface area contributed by atoms with Crippen LogP contribution in [0, 0.1) is 0 Å². The van der Waals surface area contributed by atoms with Gasteiger partial charge < -0.3 is 11.2 Å². The first-order valence-corrected chi connectivity index (χ1v) is 10.7. The van der Waals surface area contributed by atoms with Crippen LogP contribution in [0.2, 0.25) is 0 Å². The van der Waals surface area contributed by atoms with Gasteiger partial charge in [0.1, 0.15) is 0 Å². The second-order valence-electron chi connectivity index (χ2n) is 5.39. The molecule has 0 radical (unpaired) electrons.